The summed E-state index contributed by atoms with van der Waals surface area (Å²) < 4.78 is 21.9. The normalized spacial score (nSPS) is 16.0. The zero-order valence-electron chi connectivity index (χ0n) is 19.4. The average molecular weight is 479 g/mol. The van der Waals surface area contributed by atoms with Crippen LogP contribution in [-0.4, -0.2) is 72.8 Å². The Morgan fingerprint density at radius 2 is 1.89 bits per heavy atom. The van der Waals surface area contributed by atoms with Crippen LogP contribution in [0.5, 0.6) is 17.4 Å². The summed E-state index contributed by atoms with van der Waals surface area (Å²) >= 11 is 0. The number of anilines is 1. The SMILES string of the molecule is COc1ccc2nccc(NC(=O)OC3CCN(CC(=O)c4ccc5c(c4)OCCO5)CC3)c2n1. The smallest absolute Gasteiger partial charge is 0.411 e. The van der Waals surface area contributed by atoms with Crippen molar-refractivity contribution in [2.24, 2.45) is 0 Å². The fourth-order valence-electron chi connectivity index (χ4n) is 4.21. The zero-order valence-corrected chi connectivity index (χ0v) is 19.4. The maximum Gasteiger partial charge on any atom is 0.411 e. The fraction of sp³-hybridized carbons (Fsp3) is 0.360. The highest BCUT2D eigenvalue weighted by molar-refractivity contribution is 5.98. The monoisotopic (exact) mass is 478 g/mol. The summed E-state index contributed by atoms with van der Waals surface area (Å²) in [6.45, 7) is 2.61. The van der Waals surface area contributed by atoms with E-state index in [1.165, 1.54) is 7.11 Å². The Kier molecular flexibility index (Phi) is 6.62. The summed E-state index contributed by atoms with van der Waals surface area (Å²) in [6.07, 6.45) is 2.11. The van der Waals surface area contributed by atoms with Crippen LogP contribution in [-0.2, 0) is 4.74 Å². The summed E-state index contributed by atoms with van der Waals surface area (Å²) in [5.41, 5.74) is 2.26. The standard InChI is InChI=1S/C25H26N4O6/c1-32-23-5-3-18-24(28-23)19(6-9-26-18)27-25(31)35-17-7-10-29(11-8-17)15-20(30)16-2-4-21-22(14-16)34-13-12-33-21/h2-6,9,14,17H,7-8,10-13,15H2,1H3,(H,26,27,31). The van der Waals surface area contributed by atoms with Gasteiger partial charge in [0.05, 0.1) is 24.9 Å². The first-order chi connectivity index (χ1) is 17.1. The van der Waals surface area contributed by atoms with Crippen LogP contribution >= 0.6 is 0 Å². The number of nitrogens with zero attached hydrogens (tertiary/aromatic N) is 3. The predicted octanol–water partition coefficient (Wildman–Crippen LogP) is 3.31. The molecule has 10 nitrogen and oxygen atoms in total. The molecule has 3 aromatic rings. The van der Waals surface area contributed by atoms with Gasteiger partial charge in [-0.05, 0) is 43.2 Å². The maximum atomic E-state index is 12.8. The van der Waals surface area contributed by atoms with Gasteiger partial charge in [0.1, 0.15) is 24.8 Å². The van der Waals surface area contributed by atoms with Crippen LogP contribution in [0.3, 0.4) is 0 Å². The molecule has 0 bridgehead atoms. The molecule has 1 saturated heterocycles. The van der Waals surface area contributed by atoms with Gasteiger partial charge in [0, 0.05) is 30.9 Å². The Morgan fingerprint density at radius 1 is 1.09 bits per heavy atom. The summed E-state index contributed by atoms with van der Waals surface area (Å²) in [6, 6.07) is 10.4. The first kappa shape index (κ1) is 22.9. The van der Waals surface area contributed by atoms with Gasteiger partial charge in [0.2, 0.25) is 5.88 Å². The van der Waals surface area contributed by atoms with E-state index in [9.17, 15) is 9.59 Å². The molecule has 0 saturated carbocycles. The number of carbonyl (C=O) groups excluding carboxylic acids is 2. The van der Waals surface area contributed by atoms with Crippen LogP contribution in [0.2, 0.25) is 0 Å². The summed E-state index contributed by atoms with van der Waals surface area (Å²) in [5, 5.41) is 2.76. The van der Waals surface area contributed by atoms with E-state index >= 15 is 0 Å². The van der Waals surface area contributed by atoms with Crippen LogP contribution in [0.25, 0.3) is 11.0 Å². The van der Waals surface area contributed by atoms with Gasteiger partial charge in [0.15, 0.2) is 17.3 Å². The molecule has 0 aliphatic carbocycles. The van der Waals surface area contributed by atoms with Crippen molar-refractivity contribution < 1.29 is 28.5 Å². The number of ketones is 1. The fourth-order valence-corrected chi connectivity index (χ4v) is 4.21. The van der Waals surface area contributed by atoms with Crippen LogP contribution in [0.1, 0.15) is 23.2 Å². The first-order valence-electron chi connectivity index (χ1n) is 11.5. The molecule has 1 N–H and O–H groups in total. The molecule has 1 amide bonds. The molecule has 5 rings (SSSR count). The molecule has 182 valence electrons. The van der Waals surface area contributed by atoms with Gasteiger partial charge < -0.3 is 18.9 Å². The molecular formula is C25H26N4O6. The lowest BCUT2D eigenvalue weighted by Gasteiger charge is -2.31. The molecule has 35 heavy (non-hydrogen) atoms. The topological polar surface area (TPSA) is 112 Å². The quantitative estimate of drug-likeness (QED) is 0.533. The number of fused-ring (bicyclic) bond motifs is 2. The van der Waals surface area contributed by atoms with Crippen molar-refractivity contribution in [2.45, 2.75) is 18.9 Å². The maximum absolute atomic E-state index is 12.8. The van der Waals surface area contributed by atoms with E-state index < -0.39 is 6.09 Å². The number of aromatic nitrogens is 2. The minimum atomic E-state index is -0.548. The van der Waals surface area contributed by atoms with Gasteiger partial charge in [0.25, 0.3) is 0 Å². The number of methoxy groups -OCH3 is 1. The van der Waals surface area contributed by atoms with Gasteiger partial charge in [-0.2, -0.15) is 0 Å². The largest absolute Gasteiger partial charge is 0.486 e. The molecule has 0 atom stereocenters. The number of hydrogen-bond acceptors (Lipinski definition) is 9. The van der Waals surface area contributed by atoms with Crippen LogP contribution in [0, 0.1) is 0 Å². The number of ether oxygens (including phenoxy) is 4. The number of likely N-dealkylation sites (tertiary alicyclic amines) is 1. The minimum absolute atomic E-state index is 0.0200. The number of benzene rings is 1. The van der Waals surface area contributed by atoms with E-state index in [0.29, 0.717) is 85.4 Å². The molecule has 0 unspecified atom stereocenters. The van der Waals surface area contributed by atoms with Crippen molar-refractivity contribution in [1.82, 2.24) is 14.9 Å². The number of Topliss-reactive ketones (excluding diaryl/α,β-unsaturated/α-hetero) is 1. The van der Waals surface area contributed by atoms with Crippen molar-refractivity contribution in [3.8, 4) is 17.4 Å². The molecule has 0 radical (unpaired) electrons. The number of nitrogens with one attached hydrogen (secondary N) is 1. The number of carbonyl (C=O) groups is 2. The van der Waals surface area contributed by atoms with Crippen molar-refractivity contribution in [1.29, 1.82) is 0 Å². The molecule has 2 aliphatic rings. The molecule has 4 heterocycles. The second-order valence-corrected chi connectivity index (χ2v) is 8.37. The Hall–Kier alpha value is -3.92. The Labute approximate surface area is 202 Å². The number of rotatable bonds is 6. The third-order valence-electron chi connectivity index (χ3n) is 6.04. The molecule has 2 aliphatic heterocycles. The molecule has 1 aromatic carbocycles. The van der Waals surface area contributed by atoms with E-state index in [1.807, 2.05) is 0 Å². The number of piperidine rings is 1. The van der Waals surface area contributed by atoms with Crippen LogP contribution < -0.4 is 19.5 Å². The molecule has 0 spiro atoms. The van der Waals surface area contributed by atoms with Crippen LogP contribution in [0.15, 0.2) is 42.6 Å². The first-order valence-corrected chi connectivity index (χ1v) is 11.5. The summed E-state index contributed by atoms with van der Waals surface area (Å²) in [5.74, 6) is 1.72. The van der Waals surface area contributed by atoms with Crippen LogP contribution in [0.4, 0.5) is 10.5 Å². The second-order valence-electron chi connectivity index (χ2n) is 8.37. The lowest BCUT2D eigenvalue weighted by atomic mass is 10.1. The highest BCUT2D eigenvalue weighted by Gasteiger charge is 2.25. The molecule has 1 fully saturated rings. The van der Waals surface area contributed by atoms with Crippen molar-refractivity contribution in [2.75, 3.05) is 45.3 Å². The van der Waals surface area contributed by atoms with Gasteiger partial charge in [-0.3, -0.25) is 20.0 Å². The lowest BCUT2D eigenvalue weighted by Crippen LogP contribution is -2.40. The summed E-state index contributed by atoms with van der Waals surface area (Å²) in [4.78, 5) is 36.0. The van der Waals surface area contributed by atoms with Gasteiger partial charge >= 0.3 is 6.09 Å². The number of amides is 1. The van der Waals surface area contributed by atoms with Gasteiger partial charge in [-0.1, -0.05) is 0 Å². The molecule has 2 aromatic heterocycles. The third-order valence-corrected chi connectivity index (χ3v) is 6.04. The van der Waals surface area contributed by atoms with E-state index in [0.717, 1.165) is 0 Å². The van der Waals surface area contributed by atoms with E-state index in [4.69, 9.17) is 18.9 Å². The van der Waals surface area contributed by atoms with E-state index in [1.54, 1.807) is 42.6 Å². The van der Waals surface area contributed by atoms with E-state index in [-0.39, 0.29) is 11.9 Å². The highest BCUT2D eigenvalue weighted by Crippen LogP contribution is 2.31. The Bertz CT molecular complexity index is 1240. The van der Waals surface area contributed by atoms with Gasteiger partial charge in [-0.15, -0.1) is 0 Å². The van der Waals surface area contributed by atoms with Crippen molar-refractivity contribution in [3.05, 3.63) is 48.2 Å². The zero-order chi connectivity index (χ0) is 24.2. The minimum Gasteiger partial charge on any atom is -0.486 e. The lowest BCUT2D eigenvalue weighted by molar-refractivity contribution is 0.0556. The second kappa shape index (κ2) is 10.1. The van der Waals surface area contributed by atoms with E-state index in [2.05, 4.69) is 20.2 Å². The van der Waals surface area contributed by atoms with Crippen molar-refractivity contribution in [3.63, 3.8) is 0 Å². The predicted molar refractivity (Wildman–Crippen MR) is 127 cm³/mol. The van der Waals surface area contributed by atoms with Crippen molar-refractivity contribution >= 4 is 28.6 Å². The highest BCUT2D eigenvalue weighted by atomic mass is 16.6. The average Bonchev–Trinajstić information content (AvgIpc) is 2.89. The Balaban J connectivity index is 1.12. The molecule has 10 heteroatoms. The third kappa shape index (κ3) is 5.27. The Morgan fingerprint density at radius 3 is 2.69 bits per heavy atom. The number of pyridine rings is 2. The molecular weight excluding hydrogens is 452 g/mol. The van der Waals surface area contributed by atoms with Gasteiger partial charge in [-0.25, -0.2) is 9.78 Å². The number of hydrogen-bond donors (Lipinski definition) is 1. The summed E-state index contributed by atoms with van der Waals surface area (Å²) in [7, 11) is 1.53.